The molecule has 1 unspecified atom stereocenters. The van der Waals surface area contributed by atoms with Crippen molar-refractivity contribution in [2.24, 2.45) is 0 Å². The third-order valence-electron chi connectivity index (χ3n) is 5.46. The highest BCUT2D eigenvalue weighted by Gasteiger charge is 2.45. The number of thioether (sulfide) groups is 1. The first-order chi connectivity index (χ1) is 14.4. The molecule has 0 aliphatic carbocycles. The number of amides is 4. The molecule has 0 aromatic heterocycles. The van der Waals surface area contributed by atoms with Crippen molar-refractivity contribution < 1.29 is 19.2 Å². The molecule has 8 heteroatoms. The first-order valence-corrected chi connectivity index (χ1v) is 10.9. The second kappa shape index (κ2) is 7.95. The average Bonchev–Trinajstić information content (AvgIpc) is 2.99. The van der Waals surface area contributed by atoms with Crippen molar-refractivity contribution in [3.05, 3.63) is 59.2 Å². The summed E-state index contributed by atoms with van der Waals surface area (Å²) in [6.45, 7) is 1.98. The van der Waals surface area contributed by atoms with Crippen LogP contribution in [0.15, 0.2) is 47.4 Å². The lowest BCUT2D eigenvalue weighted by molar-refractivity contribution is -0.136. The number of benzene rings is 2. The van der Waals surface area contributed by atoms with E-state index in [9.17, 15) is 19.2 Å². The maximum absolute atomic E-state index is 13.2. The number of carbonyl (C=O) groups excluding carboxylic acids is 4. The standard InChI is InChI=1S/C22H21N3O4S/c1-12(13-6-8-14(30-2)9-7-13)23-16-5-3-4-15-19(16)22(29)25(21(15)28)17-10-11-18(26)24-20(17)27/h3-9,12,17,23H,10-11H2,1-2H3,(H,24,26,27)/t12-,17?/m0/s1. The smallest absolute Gasteiger partial charge is 0.264 e. The van der Waals surface area contributed by atoms with Crippen LogP contribution in [0.25, 0.3) is 0 Å². The van der Waals surface area contributed by atoms with Gasteiger partial charge < -0.3 is 5.32 Å². The molecule has 2 heterocycles. The van der Waals surface area contributed by atoms with Crippen molar-refractivity contribution in [1.82, 2.24) is 10.2 Å². The van der Waals surface area contributed by atoms with Gasteiger partial charge >= 0.3 is 0 Å². The lowest BCUT2D eigenvalue weighted by Crippen LogP contribution is -2.54. The van der Waals surface area contributed by atoms with E-state index in [1.807, 2.05) is 37.4 Å². The van der Waals surface area contributed by atoms with Crippen molar-refractivity contribution in [3.8, 4) is 0 Å². The number of carbonyl (C=O) groups is 4. The Balaban J connectivity index is 1.61. The predicted octanol–water partition coefficient (Wildman–Crippen LogP) is 2.98. The third kappa shape index (κ3) is 3.47. The molecule has 154 valence electrons. The van der Waals surface area contributed by atoms with Gasteiger partial charge in [0.1, 0.15) is 6.04 Å². The van der Waals surface area contributed by atoms with Gasteiger partial charge in [-0.3, -0.25) is 29.4 Å². The zero-order chi connectivity index (χ0) is 21.4. The summed E-state index contributed by atoms with van der Waals surface area (Å²) in [5.74, 6) is -2.03. The number of hydrogen-bond donors (Lipinski definition) is 2. The molecule has 2 atom stereocenters. The van der Waals surface area contributed by atoms with Crippen LogP contribution >= 0.6 is 11.8 Å². The molecular weight excluding hydrogens is 402 g/mol. The summed E-state index contributed by atoms with van der Waals surface area (Å²) >= 11 is 1.66. The summed E-state index contributed by atoms with van der Waals surface area (Å²) in [7, 11) is 0. The van der Waals surface area contributed by atoms with E-state index in [1.165, 1.54) is 0 Å². The minimum Gasteiger partial charge on any atom is -0.378 e. The Morgan fingerprint density at radius 1 is 1.07 bits per heavy atom. The van der Waals surface area contributed by atoms with Gasteiger partial charge in [-0.1, -0.05) is 18.2 Å². The van der Waals surface area contributed by atoms with Crippen LogP contribution in [0, 0.1) is 0 Å². The van der Waals surface area contributed by atoms with Crippen molar-refractivity contribution in [1.29, 1.82) is 0 Å². The molecule has 2 aliphatic rings. The van der Waals surface area contributed by atoms with E-state index < -0.39 is 29.7 Å². The number of nitrogens with zero attached hydrogens (tertiary/aromatic N) is 1. The second-order valence-electron chi connectivity index (χ2n) is 7.31. The fourth-order valence-corrected chi connectivity index (χ4v) is 4.25. The maximum atomic E-state index is 13.2. The number of piperidine rings is 1. The molecule has 0 spiro atoms. The van der Waals surface area contributed by atoms with Crippen molar-refractivity contribution in [3.63, 3.8) is 0 Å². The predicted molar refractivity (Wildman–Crippen MR) is 113 cm³/mol. The minimum absolute atomic E-state index is 0.0952. The summed E-state index contributed by atoms with van der Waals surface area (Å²) in [5, 5.41) is 5.54. The van der Waals surface area contributed by atoms with E-state index in [4.69, 9.17) is 0 Å². The minimum atomic E-state index is -0.973. The Hall–Kier alpha value is -3.13. The molecule has 0 radical (unpaired) electrons. The average molecular weight is 423 g/mol. The Labute approximate surface area is 178 Å². The first kappa shape index (κ1) is 20.2. The van der Waals surface area contributed by atoms with Gasteiger partial charge in [-0.05, 0) is 49.4 Å². The van der Waals surface area contributed by atoms with Gasteiger partial charge in [0.05, 0.1) is 11.1 Å². The number of rotatable bonds is 5. The normalized spacial score (nSPS) is 19.5. The molecule has 0 saturated carbocycles. The number of imide groups is 2. The maximum Gasteiger partial charge on any atom is 0.264 e. The van der Waals surface area contributed by atoms with Crippen LogP contribution in [-0.4, -0.2) is 40.8 Å². The fourth-order valence-electron chi connectivity index (χ4n) is 3.84. The summed E-state index contributed by atoms with van der Waals surface area (Å²) in [4.78, 5) is 51.9. The lowest BCUT2D eigenvalue weighted by Gasteiger charge is -2.28. The number of fused-ring (bicyclic) bond motifs is 1. The Kier molecular flexibility index (Phi) is 5.34. The quantitative estimate of drug-likeness (QED) is 0.567. The van der Waals surface area contributed by atoms with Gasteiger partial charge in [-0.2, -0.15) is 0 Å². The summed E-state index contributed by atoms with van der Waals surface area (Å²) in [6.07, 6.45) is 2.25. The summed E-state index contributed by atoms with van der Waals surface area (Å²) < 4.78 is 0. The zero-order valence-electron chi connectivity index (χ0n) is 16.6. The van der Waals surface area contributed by atoms with Gasteiger partial charge in [0.2, 0.25) is 11.8 Å². The van der Waals surface area contributed by atoms with Crippen molar-refractivity contribution in [2.75, 3.05) is 11.6 Å². The molecule has 1 saturated heterocycles. The van der Waals surface area contributed by atoms with Crippen LogP contribution in [0.1, 0.15) is 52.1 Å². The van der Waals surface area contributed by atoms with Crippen LogP contribution < -0.4 is 10.6 Å². The Morgan fingerprint density at radius 3 is 2.47 bits per heavy atom. The van der Waals surface area contributed by atoms with Crippen molar-refractivity contribution >= 4 is 41.1 Å². The molecule has 2 aromatic rings. The van der Waals surface area contributed by atoms with Gasteiger partial charge in [0, 0.05) is 23.0 Å². The molecule has 7 nitrogen and oxygen atoms in total. The summed E-state index contributed by atoms with van der Waals surface area (Å²) in [6, 6.07) is 12.1. The van der Waals surface area contributed by atoms with E-state index in [1.54, 1.807) is 30.0 Å². The Bertz CT molecular complexity index is 1050. The molecule has 2 N–H and O–H groups in total. The molecule has 2 aromatic carbocycles. The largest absolute Gasteiger partial charge is 0.378 e. The van der Waals surface area contributed by atoms with E-state index in [-0.39, 0.29) is 30.0 Å². The van der Waals surface area contributed by atoms with Crippen LogP contribution in [-0.2, 0) is 9.59 Å². The third-order valence-corrected chi connectivity index (χ3v) is 6.20. The van der Waals surface area contributed by atoms with Crippen molar-refractivity contribution in [2.45, 2.75) is 36.7 Å². The van der Waals surface area contributed by atoms with E-state index >= 15 is 0 Å². The van der Waals surface area contributed by atoms with E-state index in [0.717, 1.165) is 15.4 Å². The molecule has 30 heavy (non-hydrogen) atoms. The Morgan fingerprint density at radius 2 is 1.80 bits per heavy atom. The number of hydrogen-bond acceptors (Lipinski definition) is 6. The van der Waals surface area contributed by atoms with Crippen LogP contribution in [0.5, 0.6) is 0 Å². The van der Waals surface area contributed by atoms with Crippen LogP contribution in [0.2, 0.25) is 0 Å². The molecule has 4 rings (SSSR count). The highest BCUT2D eigenvalue weighted by Crippen LogP contribution is 2.34. The second-order valence-corrected chi connectivity index (χ2v) is 8.19. The fraction of sp³-hybridized carbons (Fsp3) is 0.273. The first-order valence-electron chi connectivity index (χ1n) is 9.65. The monoisotopic (exact) mass is 423 g/mol. The van der Waals surface area contributed by atoms with Gasteiger partial charge in [-0.15, -0.1) is 11.8 Å². The topological polar surface area (TPSA) is 95.6 Å². The highest BCUT2D eigenvalue weighted by molar-refractivity contribution is 7.98. The summed E-state index contributed by atoms with van der Waals surface area (Å²) in [5.41, 5.74) is 2.12. The molecule has 0 bridgehead atoms. The molecule has 2 aliphatic heterocycles. The highest BCUT2D eigenvalue weighted by atomic mass is 32.2. The van der Waals surface area contributed by atoms with E-state index in [2.05, 4.69) is 10.6 Å². The lowest BCUT2D eigenvalue weighted by atomic mass is 10.0. The molecule has 4 amide bonds. The van der Waals surface area contributed by atoms with Crippen LogP contribution in [0.4, 0.5) is 5.69 Å². The van der Waals surface area contributed by atoms with Crippen LogP contribution in [0.3, 0.4) is 0 Å². The molecular formula is C22H21N3O4S. The van der Waals surface area contributed by atoms with Gasteiger partial charge in [0.15, 0.2) is 0 Å². The van der Waals surface area contributed by atoms with Gasteiger partial charge in [-0.25, -0.2) is 0 Å². The molecule has 1 fully saturated rings. The number of nitrogens with one attached hydrogen (secondary N) is 2. The van der Waals surface area contributed by atoms with Gasteiger partial charge in [0.25, 0.3) is 11.8 Å². The zero-order valence-corrected chi connectivity index (χ0v) is 17.4. The van der Waals surface area contributed by atoms with E-state index in [0.29, 0.717) is 5.69 Å². The number of anilines is 1. The SMILES string of the molecule is CSc1ccc([C@H](C)Nc2cccc3c2C(=O)N(C2CCC(=O)NC2=O)C3=O)cc1.